The molecule has 0 aliphatic heterocycles. The first-order valence-corrected chi connectivity index (χ1v) is 11.4. The standard InChI is InChI=1S/C27H23N7O2/c35-24(17-16-20-18-28-33(19-20)22-12-6-2-7-13-22)30-31-27(36)25-29-26(21-10-4-1-5-11-21)34(32-25)23-14-8-3-9-15-23/h1-15,18-19H,16-17H2,(H,30,35)(H,31,36). The number of carbonyl (C=O) groups excluding carboxylic acids is 2. The number of carbonyl (C=O) groups is 2. The molecule has 0 saturated heterocycles. The summed E-state index contributed by atoms with van der Waals surface area (Å²) in [6.07, 6.45) is 4.27. The molecule has 2 amide bonds. The highest BCUT2D eigenvalue weighted by Crippen LogP contribution is 2.21. The number of benzene rings is 3. The van der Waals surface area contributed by atoms with Gasteiger partial charge in [-0.1, -0.05) is 66.7 Å². The highest BCUT2D eigenvalue weighted by atomic mass is 16.2. The highest BCUT2D eigenvalue weighted by molar-refractivity contribution is 5.92. The predicted molar refractivity (Wildman–Crippen MR) is 134 cm³/mol. The van der Waals surface area contributed by atoms with Crippen molar-refractivity contribution in [2.45, 2.75) is 12.8 Å². The van der Waals surface area contributed by atoms with Crippen molar-refractivity contribution in [3.63, 3.8) is 0 Å². The van der Waals surface area contributed by atoms with Gasteiger partial charge in [-0.25, -0.2) is 14.3 Å². The molecule has 0 fully saturated rings. The van der Waals surface area contributed by atoms with E-state index in [2.05, 4.69) is 26.0 Å². The molecule has 0 aliphatic rings. The number of hydrazine groups is 1. The predicted octanol–water partition coefficient (Wildman–Crippen LogP) is 3.51. The van der Waals surface area contributed by atoms with Crippen molar-refractivity contribution >= 4 is 11.8 Å². The number of amides is 2. The van der Waals surface area contributed by atoms with Crippen LogP contribution in [0.4, 0.5) is 0 Å². The van der Waals surface area contributed by atoms with Crippen molar-refractivity contribution in [3.8, 4) is 22.8 Å². The second kappa shape index (κ2) is 10.5. The maximum Gasteiger partial charge on any atom is 0.309 e. The molecule has 0 saturated carbocycles. The van der Waals surface area contributed by atoms with Crippen molar-refractivity contribution < 1.29 is 9.59 Å². The molecule has 0 bridgehead atoms. The van der Waals surface area contributed by atoms with Crippen LogP contribution in [-0.4, -0.2) is 36.4 Å². The lowest BCUT2D eigenvalue weighted by atomic mass is 10.2. The van der Waals surface area contributed by atoms with Crippen LogP contribution in [0.15, 0.2) is 103 Å². The topological polar surface area (TPSA) is 107 Å². The molecule has 0 unspecified atom stereocenters. The zero-order chi connectivity index (χ0) is 24.7. The van der Waals surface area contributed by atoms with Gasteiger partial charge in [0.15, 0.2) is 5.82 Å². The summed E-state index contributed by atoms with van der Waals surface area (Å²) in [7, 11) is 0. The molecule has 2 N–H and O–H groups in total. The van der Waals surface area contributed by atoms with E-state index < -0.39 is 5.91 Å². The normalized spacial score (nSPS) is 10.7. The fourth-order valence-corrected chi connectivity index (χ4v) is 3.65. The number of nitrogens with zero attached hydrogens (tertiary/aromatic N) is 5. The third-order valence-corrected chi connectivity index (χ3v) is 5.46. The number of hydrogen-bond acceptors (Lipinski definition) is 5. The van der Waals surface area contributed by atoms with Gasteiger partial charge in [0.25, 0.3) is 0 Å². The smallest absolute Gasteiger partial charge is 0.273 e. The summed E-state index contributed by atoms with van der Waals surface area (Å²) >= 11 is 0. The van der Waals surface area contributed by atoms with Gasteiger partial charge in [0.05, 0.1) is 17.6 Å². The number of para-hydroxylation sites is 2. The van der Waals surface area contributed by atoms with E-state index in [1.165, 1.54) is 0 Å². The first-order chi connectivity index (χ1) is 17.7. The summed E-state index contributed by atoms with van der Waals surface area (Å²) in [5.41, 5.74) is 8.29. The average molecular weight is 478 g/mol. The lowest BCUT2D eigenvalue weighted by Gasteiger charge is -2.05. The number of hydrogen-bond donors (Lipinski definition) is 2. The van der Waals surface area contributed by atoms with E-state index in [9.17, 15) is 9.59 Å². The molecule has 5 aromatic rings. The van der Waals surface area contributed by atoms with Gasteiger partial charge < -0.3 is 0 Å². The first-order valence-electron chi connectivity index (χ1n) is 11.4. The Morgan fingerprint density at radius 3 is 2.11 bits per heavy atom. The van der Waals surface area contributed by atoms with Crippen molar-refractivity contribution in [1.82, 2.24) is 35.4 Å². The van der Waals surface area contributed by atoms with Crippen LogP contribution >= 0.6 is 0 Å². The number of aromatic nitrogens is 5. The van der Waals surface area contributed by atoms with Gasteiger partial charge in [-0.3, -0.25) is 20.4 Å². The minimum absolute atomic E-state index is 0.0536. The molecule has 9 nitrogen and oxygen atoms in total. The zero-order valence-corrected chi connectivity index (χ0v) is 19.3. The molecule has 2 heterocycles. The Morgan fingerprint density at radius 1 is 0.778 bits per heavy atom. The van der Waals surface area contributed by atoms with Crippen molar-refractivity contribution in [2.75, 3.05) is 0 Å². The molecule has 178 valence electrons. The van der Waals surface area contributed by atoms with Crippen LogP contribution < -0.4 is 10.9 Å². The first kappa shape index (κ1) is 22.7. The molecule has 0 spiro atoms. The summed E-state index contributed by atoms with van der Waals surface area (Å²) in [5, 5.41) is 8.73. The van der Waals surface area contributed by atoms with E-state index in [4.69, 9.17) is 0 Å². The average Bonchev–Trinajstić information content (AvgIpc) is 3.60. The SMILES string of the molecule is O=C(CCc1cnn(-c2ccccc2)c1)NNC(=O)c1nc(-c2ccccc2)n(-c2ccccc2)n1. The Morgan fingerprint density at radius 2 is 1.42 bits per heavy atom. The molecule has 5 rings (SSSR count). The van der Waals surface area contributed by atoms with Crippen LogP contribution in [0.3, 0.4) is 0 Å². The molecule has 36 heavy (non-hydrogen) atoms. The van der Waals surface area contributed by atoms with Gasteiger partial charge >= 0.3 is 5.91 Å². The molecule has 3 aromatic carbocycles. The monoisotopic (exact) mass is 477 g/mol. The van der Waals surface area contributed by atoms with Crippen LogP contribution in [0.25, 0.3) is 22.8 Å². The summed E-state index contributed by atoms with van der Waals surface area (Å²) in [4.78, 5) is 29.5. The number of nitrogens with one attached hydrogen (secondary N) is 2. The van der Waals surface area contributed by atoms with Crippen molar-refractivity contribution in [3.05, 3.63) is 115 Å². The van der Waals surface area contributed by atoms with Crippen LogP contribution in [0.5, 0.6) is 0 Å². The molecule has 0 atom stereocenters. The minimum atomic E-state index is -0.605. The molecular formula is C27H23N7O2. The van der Waals surface area contributed by atoms with Gasteiger partial charge in [0, 0.05) is 18.2 Å². The van der Waals surface area contributed by atoms with Crippen LogP contribution in [-0.2, 0) is 11.2 Å². The molecule has 0 radical (unpaired) electrons. The Labute approximate surface area is 207 Å². The second-order valence-electron chi connectivity index (χ2n) is 8.00. The van der Waals surface area contributed by atoms with E-state index in [0.29, 0.717) is 12.2 Å². The van der Waals surface area contributed by atoms with E-state index in [1.807, 2.05) is 97.2 Å². The summed E-state index contributed by atoms with van der Waals surface area (Å²) in [5.74, 6) is -0.468. The van der Waals surface area contributed by atoms with Crippen LogP contribution in [0.2, 0.25) is 0 Å². The summed E-state index contributed by atoms with van der Waals surface area (Å²) < 4.78 is 3.37. The largest absolute Gasteiger partial charge is 0.309 e. The zero-order valence-electron chi connectivity index (χ0n) is 19.3. The summed E-state index contributed by atoms with van der Waals surface area (Å²) in [6.45, 7) is 0. The van der Waals surface area contributed by atoms with E-state index in [0.717, 1.165) is 22.5 Å². The minimum Gasteiger partial charge on any atom is -0.273 e. The number of rotatable bonds is 7. The fraction of sp³-hybridized carbons (Fsp3) is 0.0741. The van der Waals surface area contributed by atoms with Gasteiger partial charge in [-0.2, -0.15) is 5.10 Å². The van der Waals surface area contributed by atoms with Crippen LogP contribution in [0, 0.1) is 0 Å². The third kappa shape index (κ3) is 5.20. The van der Waals surface area contributed by atoms with Crippen LogP contribution in [0.1, 0.15) is 22.6 Å². The Balaban J connectivity index is 1.22. The third-order valence-electron chi connectivity index (χ3n) is 5.46. The maximum absolute atomic E-state index is 12.7. The van der Waals surface area contributed by atoms with E-state index >= 15 is 0 Å². The van der Waals surface area contributed by atoms with E-state index in [1.54, 1.807) is 15.6 Å². The van der Waals surface area contributed by atoms with Gasteiger partial charge in [-0.05, 0) is 36.2 Å². The fourth-order valence-electron chi connectivity index (χ4n) is 3.65. The lowest BCUT2D eigenvalue weighted by Crippen LogP contribution is -2.42. The van der Waals surface area contributed by atoms with E-state index in [-0.39, 0.29) is 18.2 Å². The van der Waals surface area contributed by atoms with Gasteiger partial charge in [0.1, 0.15) is 0 Å². The van der Waals surface area contributed by atoms with Gasteiger partial charge in [0.2, 0.25) is 11.7 Å². The lowest BCUT2D eigenvalue weighted by molar-refractivity contribution is -0.121. The summed E-state index contributed by atoms with van der Waals surface area (Å²) in [6, 6.07) is 28.6. The molecule has 2 aromatic heterocycles. The van der Waals surface area contributed by atoms with Crippen molar-refractivity contribution in [1.29, 1.82) is 0 Å². The Bertz CT molecular complexity index is 1410. The Hall–Kier alpha value is -5.05. The quantitative estimate of drug-likeness (QED) is 0.349. The second-order valence-corrected chi connectivity index (χ2v) is 8.00. The maximum atomic E-state index is 12.7. The highest BCUT2D eigenvalue weighted by Gasteiger charge is 2.19. The Kier molecular flexibility index (Phi) is 6.61. The number of aryl methyl sites for hydroxylation is 1. The van der Waals surface area contributed by atoms with Gasteiger partial charge in [-0.15, -0.1) is 5.10 Å². The van der Waals surface area contributed by atoms with Crippen molar-refractivity contribution in [2.24, 2.45) is 0 Å². The molecule has 0 aliphatic carbocycles. The molecule has 9 heteroatoms. The molecular weight excluding hydrogens is 454 g/mol.